The first kappa shape index (κ1) is 16.6. The van der Waals surface area contributed by atoms with Gasteiger partial charge in [0.2, 0.25) is 5.91 Å². The van der Waals surface area contributed by atoms with Gasteiger partial charge in [0.05, 0.1) is 5.92 Å². The lowest BCUT2D eigenvalue weighted by Crippen LogP contribution is -2.48. The van der Waals surface area contributed by atoms with Crippen molar-refractivity contribution < 1.29 is 23.1 Å². The van der Waals surface area contributed by atoms with Crippen molar-refractivity contribution in [3.63, 3.8) is 0 Å². The van der Waals surface area contributed by atoms with E-state index in [2.05, 4.69) is 0 Å². The molecule has 1 N–H and O–H groups in total. The molecule has 0 aromatic rings. The van der Waals surface area contributed by atoms with Crippen LogP contribution < -0.4 is 0 Å². The van der Waals surface area contributed by atoms with Crippen molar-refractivity contribution in [1.82, 2.24) is 4.90 Å². The lowest BCUT2D eigenvalue weighted by atomic mass is 9.79. The molecule has 0 radical (unpaired) electrons. The molecule has 0 aromatic heterocycles. The van der Waals surface area contributed by atoms with Gasteiger partial charge < -0.3 is 10.0 Å². The maximum absolute atomic E-state index is 12.9. The second-order valence-electron chi connectivity index (χ2n) is 6.30. The van der Waals surface area contributed by atoms with Gasteiger partial charge in [0, 0.05) is 25.1 Å². The summed E-state index contributed by atoms with van der Waals surface area (Å²) in [5, 5.41) is 8.94. The smallest absolute Gasteiger partial charge is 0.391 e. The summed E-state index contributed by atoms with van der Waals surface area (Å²) in [5.74, 6) is -1.95. The number of hydrogen-bond acceptors (Lipinski definition) is 2. The summed E-state index contributed by atoms with van der Waals surface area (Å²) < 4.78 is 38.6. The molecule has 0 aromatic carbocycles. The lowest BCUT2D eigenvalue weighted by molar-refractivity contribution is -0.187. The minimum Gasteiger partial charge on any atom is -0.396 e. The predicted octanol–water partition coefficient (Wildman–Crippen LogP) is 3.12. The van der Waals surface area contributed by atoms with Gasteiger partial charge in [-0.1, -0.05) is 6.42 Å². The Bertz CT molecular complexity index is 355. The van der Waals surface area contributed by atoms with Crippen LogP contribution in [0.4, 0.5) is 13.2 Å². The van der Waals surface area contributed by atoms with Crippen LogP contribution in [0.1, 0.15) is 51.4 Å². The van der Waals surface area contributed by atoms with E-state index < -0.39 is 18.0 Å². The third-order valence-corrected chi connectivity index (χ3v) is 4.84. The summed E-state index contributed by atoms with van der Waals surface area (Å²) in [6, 6.07) is 0.176. The number of aliphatic hydroxyl groups is 1. The molecule has 6 heteroatoms. The third kappa shape index (κ3) is 4.11. The van der Waals surface area contributed by atoms with Crippen molar-refractivity contribution in [2.75, 3.05) is 13.2 Å². The molecule has 0 saturated heterocycles. The number of amides is 1. The zero-order valence-electron chi connectivity index (χ0n) is 12.2. The summed E-state index contributed by atoms with van der Waals surface area (Å²) >= 11 is 0. The van der Waals surface area contributed by atoms with Gasteiger partial charge in [0.1, 0.15) is 0 Å². The number of aliphatic hydroxyl groups excluding tert-OH is 1. The summed E-state index contributed by atoms with van der Waals surface area (Å²) in [6.07, 6.45) is 0.372. The molecule has 0 aliphatic heterocycles. The molecule has 2 atom stereocenters. The molecule has 2 fully saturated rings. The fourth-order valence-electron chi connectivity index (χ4n) is 3.36. The van der Waals surface area contributed by atoms with E-state index in [1.165, 1.54) is 0 Å². The topological polar surface area (TPSA) is 40.5 Å². The monoisotopic (exact) mass is 307 g/mol. The summed E-state index contributed by atoms with van der Waals surface area (Å²) in [6.45, 7) is 0.472. The number of hydrogen-bond donors (Lipinski definition) is 1. The average Bonchev–Trinajstić information content (AvgIpc) is 2.39. The first-order valence-corrected chi connectivity index (χ1v) is 7.91. The Hall–Kier alpha value is -0.780. The number of rotatable bonds is 5. The van der Waals surface area contributed by atoms with Crippen LogP contribution >= 0.6 is 0 Å². The van der Waals surface area contributed by atoms with Crippen LogP contribution in [0.15, 0.2) is 0 Å². The van der Waals surface area contributed by atoms with Crippen LogP contribution in [0.2, 0.25) is 0 Å². The quantitative estimate of drug-likeness (QED) is 0.848. The van der Waals surface area contributed by atoms with Gasteiger partial charge in [0.25, 0.3) is 0 Å². The Balaban J connectivity index is 1.98. The van der Waals surface area contributed by atoms with E-state index >= 15 is 0 Å². The molecule has 0 spiro atoms. The summed E-state index contributed by atoms with van der Waals surface area (Å²) in [4.78, 5) is 14.3. The van der Waals surface area contributed by atoms with Gasteiger partial charge in [-0.05, 0) is 44.9 Å². The maximum Gasteiger partial charge on any atom is 0.391 e. The molecule has 122 valence electrons. The normalized spacial score (nSPS) is 27.2. The molecule has 2 saturated carbocycles. The first-order valence-electron chi connectivity index (χ1n) is 7.91. The van der Waals surface area contributed by atoms with E-state index in [0.29, 0.717) is 25.8 Å². The third-order valence-electron chi connectivity index (χ3n) is 4.84. The van der Waals surface area contributed by atoms with Crippen molar-refractivity contribution in [3.8, 4) is 0 Å². The van der Waals surface area contributed by atoms with E-state index in [9.17, 15) is 18.0 Å². The molecule has 1 amide bonds. The van der Waals surface area contributed by atoms with E-state index in [1.54, 1.807) is 4.90 Å². The SMILES string of the molecule is O=C(C1CCCC(C(F)(F)F)C1)N(CCCO)C1CCC1. The van der Waals surface area contributed by atoms with Crippen LogP contribution in [0.5, 0.6) is 0 Å². The lowest BCUT2D eigenvalue weighted by Gasteiger charge is -2.41. The van der Waals surface area contributed by atoms with E-state index in [-0.39, 0.29) is 31.4 Å². The molecule has 2 aliphatic rings. The van der Waals surface area contributed by atoms with Crippen LogP contribution in [-0.2, 0) is 4.79 Å². The first-order chi connectivity index (χ1) is 9.93. The Labute approximate surface area is 123 Å². The molecule has 2 unspecified atom stereocenters. The van der Waals surface area contributed by atoms with Crippen LogP contribution in [-0.4, -0.2) is 41.3 Å². The van der Waals surface area contributed by atoms with Gasteiger partial charge in [-0.3, -0.25) is 4.79 Å². The van der Waals surface area contributed by atoms with E-state index in [4.69, 9.17) is 5.11 Å². The minimum absolute atomic E-state index is 0.00629. The fourth-order valence-corrected chi connectivity index (χ4v) is 3.36. The van der Waals surface area contributed by atoms with Crippen molar-refractivity contribution in [2.24, 2.45) is 11.8 Å². The van der Waals surface area contributed by atoms with E-state index in [1.807, 2.05) is 0 Å². The molecule has 0 heterocycles. The van der Waals surface area contributed by atoms with Gasteiger partial charge in [-0.2, -0.15) is 13.2 Å². The highest BCUT2D eigenvalue weighted by atomic mass is 19.4. The number of carbonyl (C=O) groups is 1. The van der Waals surface area contributed by atoms with Crippen molar-refractivity contribution in [3.05, 3.63) is 0 Å². The van der Waals surface area contributed by atoms with Gasteiger partial charge in [-0.15, -0.1) is 0 Å². The van der Waals surface area contributed by atoms with Gasteiger partial charge in [-0.25, -0.2) is 0 Å². The maximum atomic E-state index is 12.9. The molecule has 3 nitrogen and oxygen atoms in total. The Kier molecular flexibility index (Phi) is 5.52. The number of nitrogens with zero attached hydrogens (tertiary/aromatic N) is 1. The van der Waals surface area contributed by atoms with Crippen LogP contribution in [0, 0.1) is 11.8 Å². The number of halogens is 3. The van der Waals surface area contributed by atoms with Crippen LogP contribution in [0.3, 0.4) is 0 Å². The molecular formula is C15H24F3NO2. The highest BCUT2D eigenvalue weighted by Crippen LogP contribution is 2.41. The summed E-state index contributed by atoms with van der Waals surface area (Å²) in [7, 11) is 0. The van der Waals surface area contributed by atoms with Crippen LogP contribution in [0.25, 0.3) is 0 Å². The zero-order valence-corrected chi connectivity index (χ0v) is 12.2. The molecule has 2 aliphatic carbocycles. The summed E-state index contributed by atoms with van der Waals surface area (Å²) in [5.41, 5.74) is 0. The minimum atomic E-state index is -4.19. The van der Waals surface area contributed by atoms with Gasteiger partial charge in [0.15, 0.2) is 0 Å². The molecule has 0 bridgehead atoms. The molecule has 2 rings (SSSR count). The highest BCUT2D eigenvalue weighted by molar-refractivity contribution is 5.79. The predicted molar refractivity (Wildman–Crippen MR) is 72.6 cm³/mol. The number of alkyl halides is 3. The Morgan fingerprint density at radius 3 is 2.33 bits per heavy atom. The standard InChI is InChI=1S/C15H24F3NO2/c16-15(17,18)12-5-1-4-11(10-12)14(21)19(8-3-9-20)13-6-2-7-13/h11-13,20H,1-10H2. The Morgan fingerprint density at radius 2 is 1.81 bits per heavy atom. The number of carbonyl (C=O) groups excluding carboxylic acids is 1. The fraction of sp³-hybridized carbons (Fsp3) is 0.933. The van der Waals surface area contributed by atoms with E-state index in [0.717, 1.165) is 19.3 Å². The second-order valence-corrected chi connectivity index (χ2v) is 6.30. The zero-order chi connectivity index (χ0) is 15.5. The Morgan fingerprint density at radius 1 is 1.14 bits per heavy atom. The average molecular weight is 307 g/mol. The largest absolute Gasteiger partial charge is 0.396 e. The van der Waals surface area contributed by atoms with Crippen molar-refractivity contribution >= 4 is 5.91 Å². The second kappa shape index (κ2) is 6.99. The molecular weight excluding hydrogens is 283 g/mol. The molecule has 21 heavy (non-hydrogen) atoms. The van der Waals surface area contributed by atoms with Gasteiger partial charge >= 0.3 is 6.18 Å². The van der Waals surface area contributed by atoms with Crippen molar-refractivity contribution in [1.29, 1.82) is 0 Å². The highest BCUT2D eigenvalue weighted by Gasteiger charge is 2.44. The van der Waals surface area contributed by atoms with Crippen molar-refractivity contribution in [2.45, 2.75) is 63.6 Å².